The highest BCUT2D eigenvalue weighted by Crippen LogP contribution is 2.39. The molecule has 6 heteroatoms. The summed E-state index contributed by atoms with van der Waals surface area (Å²) < 4.78 is 0. The smallest absolute Gasteiger partial charge is 0.315 e. The van der Waals surface area contributed by atoms with Crippen molar-refractivity contribution in [3.8, 4) is 0 Å². The Balaban J connectivity index is 1.96. The SMILES string of the molecule is CC(NC(=O)NC(C)(CO)C1CC1)c1ccc(Cl)c(Cl)c1. The van der Waals surface area contributed by atoms with Gasteiger partial charge in [-0.3, -0.25) is 0 Å². The second-order valence-corrected chi connectivity index (χ2v) is 6.66. The third-order valence-electron chi connectivity index (χ3n) is 4.00. The average Bonchev–Trinajstić information content (AvgIpc) is 3.26. The van der Waals surface area contributed by atoms with Crippen LogP contribution in [0.5, 0.6) is 0 Å². The van der Waals surface area contributed by atoms with Crippen molar-refractivity contribution in [1.29, 1.82) is 0 Å². The van der Waals surface area contributed by atoms with Gasteiger partial charge in [-0.1, -0.05) is 29.3 Å². The van der Waals surface area contributed by atoms with Crippen molar-refractivity contribution in [2.75, 3.05) is 6.61 Å². The van der Waals surface area contributed by atoms with Crippen LogP contribution in [0, 0.1) is 5.92 Å². The summed E-state index contributed by atoms with van der Waals surface area (Å²) in [6.45, 7) is 3.67. The average molecular weight is 331 g/mol. The first-order valence-corrected chi connectivity index (χ1v) is 7.76. The van der Waals surface area contributed by atoms with Gasteiger partial charge in [0.25, 0.3) is 0 Å². The van der Waals surface area contributed by atoms with Crippen LogP contribution in [0.25, 0.3) is 0 Å². The maximum atomic E-state index is 12.1. The second kappa shape index (κ2) is 6.42. The number of nitrogens with one attached hydrogen (secondary N) is 2. The molecule has 1 aliphatic carbocycles. The van der Waals surface area contributed by atoms with Crippen molar-refractivity contribution in [1.82, 2.24) is 10.6 Å². The zero-order valence-corrected chi connectivity index (χ0v) is 13.6. The highest BCUT2D eigenvalue weighted by molar-refractivity contribution is 6.42. The predicted molar refractivity (Wildman–Crippen MR) is 84.8 cm³/mol. The van der Waals surface area contributed by atoms with Gasteiger partial charge in [0.1, 0.15) is 0 Å². The van der Waals surface area contributed by atoms with E-state index in [2.05, 4.69) is 10.6 Å². The van der Waals surface area contributed by atoms with Gasteiger partial charge in [0.15, 0.2) is 0 Å². The number of rotatable bonds is 5. The largest absolute Gasteiger partial charge is 0.394 e. The van der Waals surface area contributed by atoms with E-state index in [1.807, 2.05) is 19.9 Å². The van der Waals surface area contributed by atoms with Crippen LogP contribution in [-0.4, -0.2) is 23.3 Å². The predicted octanol–water partition coefficient (Wildman–Crippen LogP) is 3.51. The van der Waals surface area contributed by atoms with Gasteiger partial charge in [0.2, 0.25) is 0 Å². The number of urea groups is 1. The summed E-state index contributed by atoms with van der Waals surface area (Å²) in [5.74, 6) is 0.355. The molecule has 2 unspecified atom stereocenters. The molecule has 0 aliphatic heterocycles. The molecule has 21 heavy (non-hydrogen) atoms. The zero-order valence-electron chi connectivity index (χ0n) is 12.1. The Morgan fingerprint density at radius 3 is 2.62 bits per heavy atom. The minimum atomic E-state index is -0.554. The number of hydrogen-bond acceptors (Lipinski definition) is 2. The van der Waals surface area contributed by atoms with E-state index in [1.54, 1.807) is 12.1 Å². The van der Waals surface area contributed by atoms with Gasteiger partial charge in [-0.15, -0.1) is 0 Å². The number of aliphatic hydroxyl groups is 1. The van der Waals surface area contributed by atoms with E-state index >= 15 is 0 Å². The lowest BCUT2D eigenvalue weighted by molar-refractivity contribution is 0.154. The Labute approximate surface area is 134 Å². The molecule has 0 heterocycles. The highest BCUT2D eigenvalue weighted by atomic mass is 35.5. The van der Waals surface area contributed by atoms with Gasteiger partial charge >= 0.3 is 6.03 Å². The topological polar surface area (TPSA) is 61.4 Å². The lowest BCUT2D eigenvalue weighted by Gasteiger charge is -2.29. The third kappa shape index (κ3) is 4.02. The van der Waals surface area contributed by atoms with E-state index in [4.69, 9.17) is 23.2 Å². The van der Waals surface area contributed by atoms with E-state index in [-0.39, 0.29) is 18.7 Å². The van der Waals surface area contributed by atoms with Crippen LogP contribution in [0.1, 0.15) is 38.3 Å². The van der Waals surface area contributed by atoms with E-state index in [9.17, 15) is 9.90 Å². The van der Waals surface area contributed by atoms with Gasteiger partial charge in [-0.2, -0.15) is 0 Å². The molecule has 1 aromatic carbocycles. The molecule has 2 rings (SSSR count). The van der Waals surface area contributed by atoms with Crippen LogP contribution >= 0.6 is 23.2 Å². The lowest BCUT2D eigenvalue weighted by Crippen LogP contribution is -2.54. The van der Waals surface area contributed by atoms with Crippen LogP contribution < -0.4 is 10.6 Å². The number of benzene rings is 1. The number of carbonyl (C=O) groups is 1. The fourth-order valence-corrected chi connectivity index (χ4v) is 2.65. The molecule has 0 saturated heterocycles. The van der Waals surface area contributed by atoms with Crippen molar-refractivity contribution in [2.24, 2.45) is 5.92 Å². The van der Waals surface area contributed by atoms with Gasteiger partial charge in [0.05, 0.1) is 28.2 Å². The van der Waals surface area contributed by atoms with Gasteiger partial charge in [-0.05, 0) is 50.3 Å². The van der Waals surface area contributed by atoms with Gasteiger partial charge in [0, 0.05) is 0 Å². The molecular formula is C15H20Cl2N2O2. The number of carbonyl (C=O) groups excluding carboxylic acids is 1. The Bertz CT molecular complexity index is 534. The van der Waals surface area contributed by atoms with E-state index in [0.717, 1.165) is 18.4 Å². The first-order valence-electron chi connectivity index (χ1n) is 7.00. The molecule has 0 bridgehead atoms. The van der Waals surface area contributed by atoms with Crippen LogP contribution in [0.15, 0.2) is 18.2 Å². The van der Waals surface area contributed by atoms with Crippen LogP contribution in [0.4, 0.5) is 4.79 Å². The Kier molecular flexibility index (Phi) is 5.02. The summed E-state index contributed by atoms with van der Waals surface area (Å²) in [6.07, 6.45) is 2.08. The molecule has 1 fully saturated rings. The van der Waals surface area contributed by atoms with Gasteiger partial charge in [-0.25, -0.2) is 4.79 Å². The first kappa shape index (κ1) is 16.4. The Morgan fingerprint density at radius 2 is 2.10 bits per heavy atom. The molecule has 1 aliphatic rings. The fraction of sp³-hybridized carbons (Fsp3) is 0.533. The van der Waals surface area contributed by atoms with Crippen molar-refractivity contribution >= 4 is 29.2 Å². The number of aliphatic hydroxyl groups excluding tert-OH is 1. The minimum absolute atomic E-state index is 0.0633. The van der Waals surface area contributed by atoms with Crippen LogP contribution in [0.2, 0.25) is 10.0 Å². The lowest BCUT2D eigenvalue weighted by atomic mass is 9.97. The van der Waals surface area contributed by atoms with E-state index < -0.39 is 5.54 Å². The summed E-state index contributed by atoms with van der Waals surface area (Å²) >= 11 is 11.9. The molecule has 1 saturated carbocycles. The molecule has 1 aromatic rings. The molecular weight excluding hydrogens is 311 g/mol. The number of amides is 2. The molecule has 0 spiro atoms. The molecule has 2 amide bonds. The molecule has 0 radical (unpaired) electrons. The highest BCUT2D eigenvalue weighted by Gasteiger charge is 2.42. The minimum Gasteiger partial charge on any atom is -0.394 e. The molecule has 3 N–H and O–H groups in total. The number of halogens is 2. The molecule has 0 aromatic heterocycles. The van der Waals surface area contributed by atoms with E-state index in [0.29, 0.717) is 16.0 Å². The van der Waals surface area contributed by atoms with E-state index in [1.165, 1.54) is 0 Å². The van der Waals surface area contributed by atoms with Crippen LogP contribution in [0.3, 0.4) is 0 Å². The fourth-order valence-electron chi connectivity index (χ4n) is 2.35. The standard InChI is InChI=1S/C15H20Cl2N2O2/c1-9(10-3-6-12(16)13(17)7-10)18-14(21)19-15(2,8-20)11-4-5-11/h3,6-7,9,11,20H,4-5,8H2,1-2H3,(H2,18,19,21). The normalized spacial score (nSPS) is 18.7. The Morgan fingerprint density at radius 1 is 1.43 bits per heavy atom. The van der Waals surface area contributed by atoms with Crippen molar-refractivity contribution in [3.63, 3.8) is 0 Å². The van der Waals surface area contributed by atoms with Crippen LogP contribution in [-0.2, 0) is 0 Å². The summed E-state index contributed by atoms with van der Waals surface area (Å²) in [4.78, 5) is 12.1. The summed E-state index contributed by atoms with van der Waals surface area (Å²) in [6, 6.07) is 4.77. The zero-order chi connectivity index (χ0) is 15.6. The number of hydrogen-bond donors (Lipinski definition) is 3. The van der Waals surface area contributed by atoms with Crippen molar-refractivity contribution in [3.05, 3.63) is 33.8 Å². The maximum Gasteiger partial charge on any atom is 0.315 e. The summed E-state index contributed by atoms with van der Waals surface area (Å²) in [5, 5.41) is 16.2. The molecule has 4 nitrogen and oxygen atoms in total. The quantitative estimate of drug-likeness (QED) is 0.773. The van der Waals surface area contributed by atoms with Crippen molar-refractivity contribution < 1.29 is 9.90 Å². The molecule has 2 atom stereocenters. The second-order valence-electron chi connectivity index (χ2n) is 5.84. The third-order valence-corrected chi connectivity index (χ3v) is 4.74. The maximum absolute atomic E-state index is 12.1. The molecule has 116 valence electrons. The van der Waals surface area contributed by atoms with Crippen molar-refractivity contribution in [2.45, 2.75) is 38.3 Å². The first-order chi connectivity index (χ1) is 9.85. The Hall–Kier alpha value is -0.970. The monoisotopic (exact) mass is 330 g/mol. The summed E-state index contributed by atoms with van der Waals surface area (Å²) in [5.41, 5.74) is 0.318. The van der Waals surface area contributed by atoms with Gasteiger partial charge < -0.3 is 15.7 Å². The summed E-state index contributed by atoms with van der Waals surface area (Å²) in [7, 11) is 0.